The van der Waals surface area contributed by atoms with E-state index in [0.717, 1.165) is 26.2 Å². The average molecular weight is 534 g/mol. The molecule has 10 nitrogen and oxygen atoms in total. The third-order valence-electron chi connectivity index (χ3n) is 4.47. The first-order chi connectivity index (χ1) is 15.7. The van der Waals surface area contributed by atoms with Gasteiger partial charge in [0.1, 0.15) is 0 Å². The Morgan fingerprint density at radius 1 is 0.735 bits per heavy atom. The third kappa shape index (κ3) is 15.7. The van der Waals surface area contributed by atoms with Gasteiger partial charge >= 0.3 is 17.1 Å². The van der Waals surface area contributed by atoms with Gasteiger partial charge in [-0.15, -0.1) is 11.5 Å². The quantitative estimate of drug-likeness (QED) is 0.211. The molecule has 2 aliphatic heterocycles. The minimum absolute atomic E-state index is 0. The first-order valence-corrected chi connectivity index (χ1v) is 11.6. The van der Waals surface area contributed by atoms with Crippen LogP contribution in [0.2, 0.25) is 0 Å². The van der Waals surface area contributed by atoms with E-state index in [0.29, 0.717) is 11.1 Å². The van der Waals surface area contributed by atoms with Crippen LogP contribution in [0.25, 0.3) is 0 Å². The second-order valence-electron chi connectivity index (χ2n) is 7.23. The number of nitrogens with zero attached hydrogens (tertiary/aromatic N) is 4. The first-order valence-electron chi connectivity index (χ1n) is 10.3. The summed E-state index contributed by atoms with van der Waals surface area (Å²) in [5.74, 6) is 0.0888. The zero-order chi connectivity index (χ0) is 24.1. The molecule has 2 fully saturated rings. The van der Waals surface area contributed by atoms with Gasteiger partial charge in [-0.25, -0.2) is 0 Å². The summed E-state index contributed by atoms with van der Waals surface area (Å²) in [7, 11) is -4.69. The molecule has 2 aromatic rings. The second kappa shape index (κ2) is 15.8. The van der Waals surface area contributed by atoms with E-state index in [1.807, 2.05) is 12.1 Å². The third-order valence-corrected chi connectivity index (χ3v) is 4.47. The van der Waals surface area contributed by atoms with Crippen LogP contribution in [-0.2, 0) is 17.1 Å². The normalized spacial score (nSPS) is 15.2. The minimum Gasteiger partial charge on any atom is -0.872 e. The van der Waals surface area contributed by atoms with E-state index in [4.69, 9.17) is 18.6 Å². The van der Waals surface area contributed by atoms with Crippen LogP contribution >= 0.6 is 0 Å². The number of halogens is 1. The molecule has 2 aliphatic rings. The van der Waals surface area contributed by atoms with Crippen molar-refractivity contribution in [3.05, 3.63) is 59.7 Å². The molecule has 0 unspecified atom stereocenters. The summed E-state index contributed by atoms with van der Waals surface area (Å²) < 4.78 is 32.7. The van der Waals surface area contributed by atoms with Crippen LogP contribution in [0.3, 0.4) is 0 Å². The molecule has 2 saturated heterocycles. The SMILES string of the molecule is [Mn+3].[O-][Cl+3]([O-])([O-])O.[O-]c1ccccc1C=NCCN1CC1.[O-]c1ccccc1C=NCCN1CC1. The smallest absolute Gasteiger partial charge is 0.872 e. The minimum atomic E-state index is -4.69. The largest absolute Gasteiger partial charge is 3.00 e. The van der Waals surface area contributed by atoms with Gasteiger partial charge in [0.15, 0.2) is 0 Å². The summed E-state index contributed by atoms with van der Waals surface area (Å²) in [6.45, 7) is 8.40. The van der Waals surface area contributed by atoms with Gasteiger partial charge in [-0.05, 0) is 11.1 Å². The van der Waals surface area contributed by atoms with Crippen molar-refractivity contribution in [2.45, 2.75) is 0 Å². The number of aliphatic imine (C=N–C) groups is 2. The van der Waals surface area contributed by atoms with Crippen LogP contribution in [0.1, 0.15) is 11.1 Å². The molecule has 0 atom stereocenters. The molecule has 0 spiro atoms. The first kappa shape index (κ1) is 30.0. The molecule has 0 saturated carbocycles. The molecule has 2 heterocycles. The zero-order valence-electron chi connectivity index (χ0n) is 18.5. The number of hydrogen-bond acceptors (Lipinski definition) is 10. The average Bonchev–Trinajstić information content (AvgIpc) is 3.66. The van der Waals surface area contributed by atoms with Gasteiger partial charge in [-0.1, -0.05) is 48.5 Å². The van der Waals surface area contributed by atoms with Gasteiger partial charge in [0.25, 0.3) is 0 Å². The van der Waals surface area contributed by atoms with E-state index in [9.17, 15) is 10.2 Å². The van der Waals surface area contributed by atoms with Gasteiger partial charge in [0.05, 0.1) is 28.0 Å². The van der Waals surface area contributed by atoms with Gasteiger partial charge in [-0.2, -0.15) is 14.0 Å². The topological polar surface area (TPSA) is 166 Å². The van der Waals surface area contributed by atoms with Crippen LogP contribution < -0.4 is 24.2 Å². The van der Waals surface area contributed by atoms with Gasteiger partial charge < -0.3 is 10.2 Å². The number of benzene rings is 2. The van der Waals surface area contributed by atoms with Crippen molar-refractivity contribution in [2.24, 2.45) is 9.98 Å². The number of para-hydroxylation sites is 2. The monoisotopic (exact) mass is 533 g/mol. The maximum Gasteiger partial charge on any atom is 3.00 e. The summed E-state index contributed by atoms with van der Waals surface area (Å²) in [5.41, 5.74) is 1.36. The maximum absolute atomic E-state index is 11.3. The Labute approximate surface area is 211 Å². The van der Waals surface area contributed by atoms with E-state index < -0.39 is 10.2 Å². The molecule has 2 aromatic carbocycles. The summed E-state index contributed by atoms with van der Waals surface area (Å²) >= 11 is 0. The van der Waals surface area contributed by atoms with E-state index in [1.54, 1.807) is 48.8 Å². The van der Waals surface area contributed by atoms with Crippen molar-refractivity contribution in [3.8, 4) is 11.5 Å². The van der Waals surface area contributed by atoms with Crippen LogP contribution in [0.4, 0.5) is 0 Å². The molecule has 12 heteroatoms. The van der Waals surface area contributed by atoms with E-state index in [-0.39, 0.29) is 28.6 Å². The summed E-state index contributed by atoms with van der Waals surface area (Å²) in [6, 6.07) is 13.9. The van der Waals surface area contributed by atoms with Crippen molar-refractivity contribution >= 4 is 12.4 Å². The van der Waals surface area contributed by atoms with Crippen LogP contribution in [0, 0.1) is 10.2 Å². The molecule has 0 aromatic heterocycles. The Hall–Kier alpha value is -2.05. The van der Waals surface area contributed by atoms with Crippen molar-refractivity contribution in [1.82, 2.24) is 9.80 Å². The maximum atomic E-state index is 11.3. The van der Waals surface area contributed by atoms with Crippen LogP contribution in [0.15, 0.2) is 58.5 Å². The Kier molecular flexibility index (Phi) is 13.9. The predicted octanol–water partition coefficient (Wildman–Crippen LogP) is -3.14. The molecule has 0 bridgehead atoms. The Bertz CT molecular complexity index is 831. The molecule has 0 radical (unpaired) electrons. The van der Waals surface area contributed by atoms with Gasteiger partial charge in [0.2, 0.25) is 0 Å². The summed E-state index contributed by atoms with van der Waals surface area (Å²) in [4.78, 5) is 13.0. The fourth-order valence-electron chi connectivity index (χ4n) is 2.49. The molecule has 0 aliphatic carbocycles. The molecule has 4 rings (SSSR count). The van der Waals surface area contributed by atoms with Gasteiger partial charge in [0, 0.05) is 51.7 Å². The Morgan fingerprint density at radius 3 is 1.35 bits per heavy atom. The summed E-state index contributed by atoms with van der Waals surface area (Å²) in [6.07, 6.45) is 3.34. The van der Waals surface area contributed by atoms with E-state index in [1.165, 1.54) is 26.2 Å². The molecule has 184 valence electrons. The standard InChI is InChI=1S/2C11H14N2O.ClHO4.Mn/c2*14-11-4-2-1-3-10(11)9-12-5-6-13-7-8-13;2-1(3,4)5;/h2*1-4,9,14H,5-8H2;(H,2,3,4,5);/q;;;+3/p-2. The molecular weight excluding hydrogens is 507 g/mol. The van der Waals surface area contributed by atoms with E-state index >= 15 is 0 Å². The van der Waals surface area contributed by atoms with E-state index in [2.05, 4.69) is 19.8 Å². The fraction of sp³-hybridized carbons (Fsp3) is 0.364. The molecule has 1 N–H and O–H groups in total. The number of hydrogen-bond donors (Lipinski definition) is 1. The van der Waals surface area contributed by atoms with Crippen molar-refractivity contribution in [2.75, 3.05) is 52.4 Å². The zero-order valence-corrected chi connectivity index (χ0v) is 20.4. The Balaban J connectivity index is 0.000000278. The van der Waals surface area contributed by atoms with Crippen molar-refractivity contribution in [3.63, 3.8) is 0 Å². The fourth-order valence-corrected chi connectivity index (χ4v) is 2.49. The number of rotatable bonds is 8. The summed E-state index contributed by atoms with van der Waals surface area (Å²) in [5, 5.41) is 22.5. The van der Waals surface area contributed by atoms with Gasteiger partial charge in [-0.3, -0.25) is 19.8 Å². The molecule has 0 amide bonds. The second-order valence-corrected chi connectivity index (χ2v) is 8.02. The Morgan fingerprint density at radius 2 is 1.06 bits per heavy atom. The predicted molar refractivity (Wildman–Crippen MR) is 112 cm³/mol. The van der Waals surface area contributed by atoms with Crippen LogP contribution in [-0.4, -0.2) is 79.2 Å². The van der Waals surface area contributed by atoms with Crippen molar-refractivity contribution < 1.29 is 56.2 Å². The molecule has 34 heavy (non-hydrogen) atoms. The van der Waals surface area contributed by atoms with Crippen LogP contribution in [0.5, 0.6) is 11.5 Å². The van der Waals surface area contributed by atoms with Crippen molar-refractivity contribution in [1.29, 1.82) is 0 Å². The molecular formula is C22H27ClMnN4O6+.